The number of amides is 1. The molecule has 2 aromatic carbocycles. The van der Waals surface area contributed by atoms with E-state index in [2.05, 4.69) is 21.1 Å². The van der Waals surface area contributed by atoms with Crippen molar-refractivity contribution >= 4 is 38.6 Å². The Bertz CT molecular complexity index is 1480. The number of fused-ring (bicyclic) bond motifs is 2. The Morgan fingerprint density at radius 1 is 1.00 bits per heavy atom. The number of hydrogen-bond acceptors (Lipinski definition) is 8. The first kappa shape index (κ1) is 22.0. The van der Waals surface area contributed by atoms with Crippen LogP contribution in [0.15, 0.2) is 54.6 Å². The summed E-state index contributed by atoms with van der Waals surface area (Å²) in [5.74, 6) is 1.33. The predicted octanol–water partition coefficient (Wildman–Crippen LogP) is 4.63. The van der Waals surface area contributed by atoms with Crippen molar-refractivity contribution in [2.45, 2.75) is 13.0 Å². The molecule has 10 heteroatoms. The van der Waals surface area contributed by atoms with Crippen LogP contribution >= 0.6 is 15.9 Å². The molecule has 1 atom stereocenters. The van der Waals surface area contributed by atoms with Gasteiger partial charge in [-0.1, -0.05) is 21.1 Å². The zero-order chi connectivity index (χ0) is 24.1. The van der Waals surface area contributed by atoms with E-state index in [1.54, 1.807) is 43.3 Å². The van der Waals surface area contributed by atoms with Gasteiger partial charge in [-0.25, -0.2) is 0 Å². The fourth-order valence-corrected chi connectivity index (χ4v) is 4.58. The Labute approximate surface area is 201 Å². The van der Waals surface area contributed by atoms with Crippen LogP contribution in [0, 0.1) is 6.92 Å². The highest BCUT2D eigenvalue weighted by Crippen LogP contribution is 2.46. The maximum Gasteiger partial charge on any atom is 0.296 e. The third kappa shape index (κ3) is 3.25. The maximum absolute atomic E-state index is 13.7. The zero-order valence-corrected chi connectivity index (χ0v) is 20.3. The molecule has 0 saturated carbocycles. The van der Waals surface area contributed by atoms with Gasteiger partial charge in [0.05, 0.1) is 38.3 Å². The van der Waals surface area contributed by atoms with Crippen molar-refractivity contribution < 1.29 is 27.9 Å². The Kier molecular flexibility index (Phi) is 5.32. The highest BCUT2D eigenvalue weighted by atomic mass is 79.9. The van der Waals surface area contributed by atoms with Gasteiger partial charge >= 0.3 is 0 Å². The summed E-state index contributed by atoms with van der Waals surface area (Å²) in [6.07, 6.45) is 0. The molecular weight excluding hydrogens is 508 g/mol. The van der Waals surface area contributed by atoms with E-state index in [-0.39, 0.29) is 22.6 Å². The summed E-state index contributed by atoms with van der Waals surface area (Å²) in [6.45, 7) is 1.72. The number of methoxy groups -OCH3 is 3. The van der Waals surface area contributed by atoms with E-state index >= 15 is 0 Å². The molecule has 0 fully saturated rings. The molecule has 9 nitrogen and oxygen atoms in total. The molecule has 5 rings (SSSR count). The fourth-order valence-electron chi connectivity index (χ4n) is 4.22. The van der Waals surface area contributed by atoms with E-state index < -0.39 is 11.9 Å². The maximum atomic E-state index is 13.7. The lowest BCUT2D eigenvalue weighted by Crippen LogP contribution is -2.29. The Hall–Kier alpha value is -3.79. The van der Waals surface area contributed by atoms with Crippen LogP contribution in [-0.2, 0) is 0 Å². The van der Waals surface area contributed by atoms with Gasteiger partial charge in [-0.15, -0.1) is 0 Å². The van der Waals surface area contributed by atoms with Crippen LogP contribution in [0.2, 0.25) is 0 Å². The molecule has 1 aliphatic rings. The highest BCUT2D eigenvalue weighted by molar-refractivity contribution is 9.10. The first-order chi connectivity index (χ1) is 16.4. The van der Waals surface area contributed by atoms with Gasteiger partial charge < -0.3 is 23.2 Å². The second-order valence-corrected chi connectivity index (χ2v) is 8.56. The first-order valence-electron chi connectivity index (χ1n) is 10.2. The number of aryl methyl sites for hydroxylation is 1. The van der Waals surface area contributed by atoms with Crippen LogP contribution in [-0.4, -0.2) is 32.4 Å². The monoisotopic (exact) mass is 526 g/mol. The predicted molar refractivity (Wildman–Crippen MR) is 126 cm³/mol. The van der Waals surface area contributed by atoms with Crippen LogP contribution in [0.4, 0.5) is 5.82 Å². The van der Waals surface area contributed by atoms with Gasteiger partial charge in [-0.3, -0.25) is 14.5 Å². The largest absolute Gasteiger partial charge is 0.493 e. The number of rotatable bonds is 5. The van der Waals surface area contributed by atoms with Crippen LogP contribution in [0.25, 0.3) is 11.0 Å². The standard InChI is InChI=1S/C24H19BrN2O7/c1-11-7-18(26-34-11)27-20(12-8-16(30-2)22(32-4)17(9-12)31-3)19-21(28)14-10-13(25)5-6-15(14)33-23(19)24(27)29/h5-10,20H,1-4H3/t20-/m0/s1. The van der Waals surface area contributed by atoms with Gasteiger partial charge in [0.25, 0.3) is 5.91 Å². The van der Waals surface area contributed by atoms with Crippen molar-refractivity contribution in [2.24, 2.45) is 0 Å². The third-order valence-electron chi connectivity index (χ3n) is 5.70. The normalized spacial score (nSPS) is 15.0. The number of hydrogen-bond donors (Lipinski definition) is 0. The van der Waals surface area contributed by atoms with Gasteiger partial charge in [0.2, 0.25) is 11.5 Å². The summed E-state index contributed by atoms with van der Waals surface area (Å²) >= 11 is 3.40. The number of aromatic nitrogens is 1. The summed E-state index contributed by atoms with van der Waals surface area (Å²) in [6, 6.07) is 9.19. The number of benzene rings is 2. The number of anilines is 1. The molecule has 0 bridgehead atoms. The Morgan fingerprint density at radius 2 is 1.71 bits per heavy atom. The number of carbonyl (C=O) groups is 1. The minimum absolute atomic E-state index is 0.0563. The van der Waals surface area contributed by atoms with Crippen LogP contribution in [0.1, 0.15) is 33.5 Å². The molecule has 0 spiro atoms. The van der Waals surface area contributed by atoms with E-state index in [4.69, 9.17) is 23.2 Å². The number of halogens is 1. The lowest BCUT2D eigenvalue weighted by Gasteiger charge is -2.24. The zero-order valence-electron chi connectivity index (χ0n) is 18.7. The summed E-state index contributed by atoms with van der Waals surface area (Å²) < 4.78 is 28.3. The number of ether oxygens (including phenoxy) is 3. The topological polar surface area (TPSA) is 104 Å². The molecule has 4 aromatic rings. The molecule has 0 N–H and O–H groups in total. The molecule has 1 amide bonds. The quantitative estimate of drug-likeness (QED) is 0.370. The second-order valence-electron chi connectivity index (χ2n) is 7.65. The molecule has 34 heavy (non-hydrogen) atoms. The van der Waals surface area contributed by atoms with Crippen LogP contribution in [0.5, 0.6) is 17.2 Å². The second kappa shape index (κ2) is 8.21. The smallest absolute Gasteiger partial charge is 0.296 e. The minimum atomic E-state index is -0.875. The van der Waals surface area contributed by atoms with Gasteiger partial charge in [0.15, 0.2) is 22.7 Å². The van der Waals surface area contributed by atoms with Gasteiger partial charge in [0.1, 0.15) is 11.3 Å². The molecule has 1 aliphatic heterocycles. The van der Waals surface area contributed by atoms with Gasteiger partial charge in [0, 0.05) is 10.5 Å². The van der Waals surface area contributed by atoms with Gasteiger partial charge in [-0.2, -0.15) is 0 Å². The number of nitrogens with zero attached hydrogens (tertiary/aromatic N) is 2. The molecule has 0 radical (unpaired) electrons. The molecule has 0 unspecified atom stereocenters. The molecule has 0 aliphatic carbocycles. The number of carbonyl (C=O) groups excluding carboxylic acids is 1. The molecule has 2 aromatic heterocycles. The minimum Gasteiger partial charge on any atom is -0.493 e. The fraction of sp³-hybridized carbons (Fsp3) is 0.208. The molecule has 0 saturated heterocycles. The van der Waals surface area contributed by atoms with Gasteiger partial charge in [-0.05, 0) is 42.8 Å². The van der Waals surface area contributed by atoms with E-state index in [0.717, 1.165) is 0 Å². The molecule has 174 valence electrons. The summed E-state index contributed by atoms with van der Waals surface area (Å²) in [5.41, 5.74) is 0.712. The van der Waals surface area contributed by atoms with Crippen molar-refractivity contribution in [1.29, 1.82) is 0 Å². The van der Waals surface area contributed by atoms with Crippen molar-refractivity contribution in [2.75, 3.05) is 26.2 Å². The van der Waals surface area contributed by atoms with Crippen molar-refractivity contribution in [3.05, 3.63) is 73.7 Å². The molecular formula is C24H19BrN2O7. The summed E-state index contributed by atoms with van der Waals surface area (Å²) in [5, 5.41) is 4.37. The first-order valence-corrected chi connectivity index (χ1v) is 11.0. The van der Waals surface area contributed by atoms with E-state index in [1.807, 2.05) is 0 Å². The summed E-state index contributed by atoms with van der Waals surface area (Å²) in [7, 11) is 4.48. The van der Waals surface area contributed by atoms with Crippen LogP contribution < -0.4 is 24.5 Å². The van der Waals surface area contributed by atoms with E-state index in [9.17, 15) is 9.59 Å². The average molecular weight is 527 g/mol. The lowest BCUT2D eigenvalue weighted by atomic mass is 9.97. The van der Waals surface area contributed by atoms with E-state index in [1.165, 1.54) is 26.2 Å². The SMILES string of the molecule is COc1cc([C@H]2c3c(oc4ccc(Br)cc4c3=O)C(=O)N2c2cc(C)on2)cc(OC)c1OC. The average Bonchev–Trinajstić information content (AvgIpc) is 3.39. The summed E-state index contributed by atoms with van der Waals surface area (Å²) in [4.78, 5) is 28.7. The van der Waals surface area contributed by atoms with Crippen molar-refractivity contribution in [3.8, 4) is 17.2 Å². The van der Waals surface area contributed by atoms with Crippen molar-refractivity contribution in [1.82, 2.24) is 5.16 Å². The Morgan fingerprint density at radius 3 is 2.29 bits per heavy atom. The highest BCUT2D eigenvalue weighted by Gasteiger charge is 2.45. The van der Waals surface area contributed by atoms with Crippen molar-refractivity contribution in [3.63, 3.8) is 0 Å². The Balaban J connectivity index is 1.84. The lowest BCUT2D eigenvalue weighted by molar-refractivity contribution is 0.0969. The third-order valence-corrected chi connectivity index (χ3v) is 6.19. The molecule has 3 heterocycles. The van der Waals surface area contributed by atoms with E-state index in [0.29, 0.717) is 44.0 Å². The van der Waals surface area contributed by atoms with Crippen LogP contribution in [0.3, 0.4) is 0 Å².